The third-order valence-corrected chi connectivity index (χ3v) is 7.55. The molecule has 3 aromatic rings. The standard InChI is InChI=1S/C22H16O4S/c23-19-17-13-7-8-14-18(17)27(24,25)21(16-11-5-2-6-12-16)22(19)20(26-22)15-9-3-1-4-10-15/h1-14,20-21H. The fraction of sp³-hybridized carbons (Fsp3) is 0.136. The van der Waals surface area contributed by atoms with Crippen LogP contribution in [-0.2, 0) is 14.6 Å². The van der Waals surface area contributed by atoms with Crippen LogP contribution >= 0.6 is 0 Å². The minimum Gasteiger partial charge on any atom is -0.350 e. The maximum atomic E-state index is 13.6. The maximum absolute atomic E-state index is 13.6. The Hall–Kier alpha value is -2.76. The van der Waals surface area contributed by atoms with Gasteiger partial charge in [0.25, 0.3) is 0 Å². The number of hydrogen-bond acceptors (Lipinski definition) is 4. The second kappa shape index (κ2) is 5.62. The van der Waals surface area contributed by atoms with Gasteiger partial charge in [-0.2, -0.15) is 0 Å². The van der Waals surface area contributed by atoms with Crippen LogP contribution in [0.25, 0.3) is 0 Å². The molecule has 3 aromatic carbocycles. The molecule has 1 spiro atoms. The number of benzene rings is 3. The number of ketones is 1. The van der Waals surface area contributed by atoms with Crippen LogP contribution in [0.15, 0.2) is 89.8 Å². The monoisotopic (exact) mass is 376 g/mol. The van der Waals surface area contributed by atoms with E-state index in [1.807, 2.05) is 36.4 Å². The highest BCUT2D eigenvalue weighted by molar-refractivity contribution is 7.92. The summed E-state index contributed by atoms with van der Waals surface area (Å²) < 4.78 is 33.1. The molecule has 0 amide bonds. The van der Waals surface area contributed by atoms with Gasteiger partial charge < -0.3 is 4.74 Å². The highest BCUT2D eigenvalue weighted by Gasteiger charge is 2.73. The zero-order valence-electron chi connectivity index (χ0n) is 14.3. The Morgan fingerprint density at radius 2 is 1.30 bits per heavy atom. The van der Waals surface area contributed by atoms with Gasteiger partial charge in [0.15, 0.2) is 15.4 Å². The number of carbonyl (C=O) groups is 1. The van der Waals surface area contributed by atoms with Crippen molar-refractivity contribution in [2.24, 2.45) is 0 Å². The van der Waals surface area contributed by atoms with Gasteiger partial charge in [-0.25, -0.2) is 8.42 Å². The summed E-state index contributed by atoms with van der Waals surface area (Å²) in [6.45, 7) is 0. The van der Waals surface area contributed by atoms with Crippen LogP contribution in [0, 0.1) is 0 Å². The predicted molar refractivity (Wildman–Crippen MR) is 100 cm³/mol. The number of fused-ring (bicyclic) bond motifs is 1. The molecule has 0 bridgehead atoms. The van der Waals surface area contributed by atoms with E-state index in [9.17, 15) is 13.2 Å². The molecule has 4 nitrogen and oxygen atoms in total. The van der Waals surface area contributed by atoms with Gasteiger partial charge in [0.2, 0.25) is 5.78 Å². The van der Waals surface area contributed by atoms with E-state index in [0.29, 0.717) is 5.56 Å². The minimum absolute atomic E-state index is 0.0804. The lowest BCUT2D eigenvalue weighted by Crippen LogP contribution is -2.42. The number of hydrogen-bond donors (Lipinski definition) is 0. The van der Waals surface area contributed by atoms with Crippen LogP contribution in [0.3, 0.4) is 0 Å². The number of Topliss-reactive ketones (excluding diaryl/α,β-unsaturated/α-hetero) is 1. The van der Waals surface area contributed by atoms with Crippen LogP contribution in [0.2, 0.25) is 0 Å². The van der Waals surface area contributed by atoms with Gasteiger partial charge >= 0.3 is 0 Å². The van der Waals surface area contributed by atoms with Gasteiger partial charge in [0.1, 0.15) is 11.4 Å². The second-order valence-electron chi connectivity index (χ2n) is 6.86. The molecule has 0 N–H and O–H groups in total. The third-order valence-electron chi connectivity index (χ3n) is 5.34. The molecule has 134 valence electrons. The average molecular weight is 376 g/mol. The van der Waals surface area contributed by atoms with E-state index in [0.717, 1.165) is 5.56 Å². The molecule has 0 saturated carbocycles. The van der Waals surface area contributed by atoms with E-state index < -0.39 is 26.8 Å². The molecule has 2 aliphatic heterocycles. The van der Waals surface area contributed by atoms with Crippen LogP contribution in [-0.4, -0.2) is 19.8 Å². The van der Waals surface area contributed by atoms with Crippen molar-refractivity contribution in [3.05, 3.63) is 102 Å². The minimum atomic E-state index is -3.80. The first-order valence-corrected chi connectivity index (χ1v) is 10.3. The lowest BCUT2D eigenvalue weighted by molar-refractivity contribution is 0.0856. The first kappa shape index (κ1) is 16.4. The smallest absolute Gasteiger partial charge is 0.200 e. The SMILES string of the molecule is O=C1c2ccccc2S(=O)(=O)C(c2ccccc2)C12OC2c1ccccc1. The molecule has 5 heteroatoms. The Morgan fingerprint density at radius 1 is 0.741 bits per heavy atom. The van der Waals surface area contributed by atoms with Crippen molar-refractivity contribution in [2.45, 2.75) is 21.9 Å². The Balaban J connectivity index is 1.77. The van der Waals surface area contributed by atoms with Gasteiger partial charge in [-0.1, -0.05) is 72.8 Å². The normalized spacial score (nSPS) is 27.9. The topological polar surface area (TPSA) is 63.7 Å². The number of sulfone groups is 1. The molecule has 1 saturated heterocycles. The Morgan fingerprint density at radius 3 is 1.96 bits per heavy atom. The van der Waals surface area contributed by atoms with Gasteiger partial charge in [-0.3, -0.25) is 4.79 Å². The Kier molecular flexibility index (Phi) is 3.41. The summed E-state index contributed by atoms with van der Waals surface area (Å²) in [6, 6.07) is 24.6. The fourth-order valence-corrected chi connectivity index (χ4v) is 6.37. The molecule has 0 aromatic heterocycles. The fourth-order valence-electron chi connectivity index (χ4n) is 4.12. The average Bonchev–Trinajstić information content (AvgIpc) is 3.44. The van der Waals surface area contributed by atoms with E-state index in [1.54, 1.807) is 42.5 Å². The number of rotatable bonds is 2. The summed E-state index contributed by atoms with van der Waals surface area (Å²) in [5.74, 6) is -0.268. The third kappa shape index (κ3) is 2.19. The van der Waals surface area contributed by atoms with Crippen LogP contribution in [0.1, 0.15) is 32.8 Å². The van der Waals surface area contributed by atoms with Crippen molar-refractivity contribution in [3.8, 4) is 0 Å². The summed E-state index contributed by atoms with van der Waals surface area (Å²) in [7, 11) is -3.80. The van der Waals surface area contributed by atoms with Crippen molar-refractivity contribution in [2.75, 3.05) is 0 Å². The van der Waals surface area contributed by atoms with Crippen molar-refractivity contribution >= 4 is 15.6 Å². The molecule has 5 rings (SSSR count). The first-order chi connectivity index (χ1) is 13.1. The molecule has 2 heterocycles. The lowest BCUT2D eigenvalue weighted by atomic mass is 9.85. The highest BCUT2D eigenvalue weighted by atomic mass is 32.2. The van der Waals surface area contributed by atoms with Gasteiger partial charge in [0, 0.05) is 5.56 Å². The van der Waals surface area contributed by atoms with Crippen LogP contribution < -0.4 is 0 Å². The lowest BCUT2D eigenvalue weighted by Gasteiger charge is -2.30. The predicted octanol–water partition coefficient (Wildman–Crippen LogP) is 3.91. The molecule has 3 unspecified atom stereocenters. The maximum Gasteiger partial charge on any atom is 0.200 e. The molecule has 1 fully saturated rings. The summed E-state index contributed by atoms with van der Waals surface area (Å²) >= 11 is 0. The van der Waals surface area contributed by atoms with Crippen LogP contribution in [0.4, 0.5) is 0 Å². The second-order valence-corrected chi connectivity index (χ2v) is 8.86. The van der Waals surface area contributed by atoms with Crippen molar-refractivity contribution < 1.29 is 17.9 Å². The van der Waals surface area contributed by atoms with E-state index in [4.69, 9.17) is 4.74 Å². The summed E-state index contributed by atoms with van der Waals surface area (Å²) in [5, 5.41) is -1.07. The quantitative estimate of drug-likeness (QED) is 0.636. The number of ether oxygens (including phenoxy) is 1. The van der Waals surface area contributed by atoms with Crippen LogP contribution in [0.5, 0.6) is 0 Å². The van der Waals surface area contributed by atoms with Gasteiger partial charge in [-0.05, 0) is 23.3 Å². The summed E-state index contributed by atoms with van der Waals surface area (Å²) in [6.07, 6.45) is -0.584. The molecular weight excluding hydrogens is 360 g/mol. The van der Waals surface area contributed by atoms with E-state index in [2.05, 4.69) is 0 Å². The Bertz CT molecular complexity index is 1140. The zero-order chi connectivity index (χ0) is 18.6. The molecule has 3 atom stereocenters. The summed E-state index contributed by atoms with van der Waals surface area (Å²) in [4.78, 5) is 13.5. The van der Waals surface area contributed by atoms with Gasteiger partial charge in [-0.15, -0.1) is 0 Å². The van der Waals surface area contributed by atoms with E-state index in [1.165, 1.54) is 6.07 Å². The van der Waals surface area contributed by atoms with Gasteiger partial charge in [0.05, 0.1) is 4.90 Å². The van der Waals surface area contributed by atoms with Crippen molar-refractivity contribution in [1.29, 1.82) is 0 Å². The van der Waals surface area contributed by atoms with Crippen molar-refractivity contribution in [1.82, 2.24) is 0 Å². The first-order valence-electron chi connectivity index (χ1n) is 8.72. The van der Waals surface area contributed by atoms with E-state index >= 15 is 0 Å². The molecular formula is C22H16O4S. The number of epoxide rings is 1. The number of carbonyl (C=O) groups excluding carboxylic acids is 1. The molecule has 0 aliphatic carbocycles. The van der Waals surface area contributed by atoms with E-state index in [-0.39, 0.29) is 16.2 Å². The molecule has 2 aliphatic rings. The summed E-state index contributed by atoms with van der Waals surface area (Å²) in [5.41, 5.74) is 0.166. The molecule has 0 radical (unpaired) electrons. The molecule has 27 heavy (non-hydrogen) atoms. The zero-order valence-corrected chi connectivity index (χ0v) is 15.1. The largest absolute Gasteiger partial charge is 0.350 e. The Labute approximate surface area is 157 Å². The highest BCUT2D eigenvalue weighted by Crippen LogP contribution is 2.63. The van der Waals surface area contributed by atoms with Crippen molar-refractivity contribution in [3.63, 3.8) is 0 Å².